The third-order valence-electron chi connectivity index (χ3n) is 7.41. The van der Waals surface area contributed by atoms with Crippen LogP contribution >= 0.6 is 11.6 Å². The van der Waals surface area contributed by atoms with Crippen molar-refractivity contribution in [1.29, 1.82) is 0 Å². The Morgan fingerprint density at radius 1 is 1.20 bits per heavy atom. The Balaban J connectivity index is 1.15. The first-order valence-corrected chi connectivity index (χ1v) is 13.6. The summed E-state index contributed by atoms with van der Waals surface area (Å²) in [5.41, 5.74) is 2.86. The Kier molecular flexibility index (Phi) is 7.44. The standard InChI is InChI=1S/C29H27ClFN5O4/c30-21-6-5-19(23(31)13-21)16-40-26-7-9-32-27(35-26)18-3-1-17(2-4-18)11-25-34-28-24(12-20(14-33-28)29(37)38)36(25)15-22-8-10-39-22/h3,5-7,9,12-14,17,22H,1-2,4,8,10-11,15-16H2,(H,37,38). The lowest BCUT2D eigenvalue weighted by atomic mass is 9.87. The molecule has 0 amide bonds. The number of aromatic nitrogens is 5. The Hall–Kier alpha value is -3.89. The van der Waals surface area contributed by atoms with Gasteiger partial charge >= 0.3 is 5.97 Å². The van der Waals surface area contributed by atoms with Crippen LogP contribution in [0.4, 0.5) is 4.39 Å². The predicted octanol–water partition coefficient (Wildman–Crippen LogP) is 5.51. The van der Waals surface area contributed by atoms with Gasteiger partial charge in [-0.1, -0.05) is 23.7 Å². The van der Waals surface area contributed by atoms with E-state index >= 15 is 0 Å². The van der Waals surface area contributed by atoms with Gasteiger partial charge in [-0.2, -0.15) is 4.98 Å². The van der Waals surface area contributed by atoms with Crippen molar-refractivity contribution in [1.82, 2.24) is 24.5 Å². The normalized spacial score (nSPS) is 18.8. The van der Waals surface area contributed by atoms with Gasteiger partial charge in [0.25, 0.3) is 0 Å². The smallest absolute Gasteiger partial charge is 0.337 e. The Morgan fingerprint density at radius 2 is 2.08 bits per heavy atom. The molecule has 206 valence electrons. The number of hydrogen-bond acceptors (Lipinski definition) is 7. The van der Waals surface area contributed by atoms with Crippen LogP contribution in [0.25, 0.3) is 16.7 Å². The Labute approximate surface area is 234 Å². The quantitative estimate of drug-likeness (QED) is 0.284. The second-order valence-corrected chi connectivity index (χ2v) is 10.5. The molecule has 6 rings (SSSR count). The molecular weight excluding hydrogens is 537 g/mol. The zero-order valence-corrected chi connectivity index (χ0v) is 22.4. The molecule has 0 radical (unpaired) electrons. The van der Waals surface area contributed by atoms with E-state index in [0.717, 1.165) is 55.6 Å². The molecule has 0 bridgehead atoms. The van der Waals surface area contributed by atoms with Gasteiger partial charge in [0, 0.05) is 42.1 Å². The number of ether oxygens (including phenoxy) is 2. The zero-order chi connectivity index (χ0) is 27.6. The van der Waals surface area contributed by atoms with E-state index < -0.39 is 11.8 Å². The number of rotatable bonds is 9. The van der Waals surface area contributed by atoms with Crippen molar-refractivity contribution in [2.45, 2.75) is 51.4 Å². The van der Waals surface area contributed by atoms with E-state index in [1.54, 1.807) is 30.5 Å². The molecule has 1 aliphatic heterocycles. The third kappa shape index (κ3) is 5.68. The van der Waals surface area contributed by atoms with Gasteiger partial charge in [0.05, 0.1) is 23.7 Å². The molecule has 0 saturated carbocycles. The van der Waals surface area contributed by atoms with Crippen molar-refractivity contribution >= 4 is 34.3 Å². The van der Waals surface area contributed by atoms with E-state index in [2.05, 4.69) is 25.6 Å². The number of pyridine rings is 1. The fourth-order valence-electron chi connectivity index (χ4n) is 5.06. The van der Waals surface area contributed by atoms with E-state index in [9.17, 15) is 14.3 Å². The van der Waals surface area contributed by atoms with E-state index in [4.69, 9.17) is 26.1 Å². The van der Waals surface area contributed by atoms with Crippen LogP contribution in [0.15, 0.2) is 48.8 Å². The number of allylic oxidation sites excluding steroid dienone is 2. The Bertz CT molecular complexity index is 1600. The lowest BCUT2D eigenvalue weighted by Gasteiger charge is -2.28. The molecule has 2 aliphatic rings. The molecule has 0 spiro atoms. The van der Waals surface area contributed by atoms with Gasteiger partial charge in [-0.05, 0) is 55.4 Å². The number of carboxylic acids is 1. The molecule has 11 heteroatoms. The minimum Gasteiger partial charge on any atom is -0.478 e. The number of fused-ring (bicyclic) bond motifs is 1. The van der Waals surface area contributed by atoms with Crippen molar-refractivity contribution < 1.29 is 23.8 Å². The fraction of sp³-hybridized carbons (Fsp3) is 0.345. The van der Waals surface area contributed by atoms with Gasteiger partial charge in [-0.15, -0.1) is 0 Å². The second kappa shape index (κ2) is 11.3. The van der Waals surface area contributed by atoms with Crippen molar-refractivity contribution in [2.24, 2.45) is 5.92 Å². The number of aromatic carboxylic acids is 1. The number of halogens is 2. The SMILES string of the molecule is O=C(O)c1cnc2nc(CC3CC=C(c4nccc(OCc5ccc(Cl)cc5F)n4)CC3)n(CC3CCO3)c2c1. The summed E-state index contributed by atoms with van der Waals surface area (Å²) in [4.78, 5) is 29.6. The average Bonchev–Trinajstić information content (AvgIpc) is 3.26. The van der Waals surface area contributed by atoms with E-state index in [1.165, 1.54) is 12.3 Å². The van der Waals surface area contributed by atoms with E-state index in [1.807, 2.05) is 0 Å². The summed E-state index contributed by atoms with van der Waals surface area (Å²) in [7, 11) is 0. The third-order valence-corrected chi connectivity index (χ3v) is 7.64. The summed E-state index contributed by atoms with van der Waals surface area (Å²) in [6.45, 7) is 1.41. The minimum atomic E-state index is -1.01. The maximum atomic E-state index is 14.1. The highest BCUT2D eigenvalue weighted by Gasteiger charge is 2.25. The monoisotopic (exact) mass is 563 g/mol. The van der Waals surface area contributed by atoms with Gasteiger partial charge in [0.15, 0.2) is 11.5 Å². The zero-order valence-electron chi connectivity index (χ0n) is 21.6. The highest BCUT2D eigenvalue weighted by atomic mass is 35.5. The van der Waals surface area contributed by atoms with Crippen molar-refractivity contribution in [3.05, 3.63) is 82.4 Å². The topological polar surface area (TPSA) is 112 Å². The summed E-state index contributed by atoms with van der Waals surface area (Å²) >= 11 is 5.83. The first-order chi connectivity index (χ1) is 19.4. The number of carboxylic acid groups (broad SMARTS) is 1. The highest BCUT2D eigenvalue weighted by Crippen LogP contribution is 2.32. The van der Waals surface area contributed by atoms with Crippen molar-refractivity contribution in [2.75, 3.05) is 6.61 Å². The maximum absolute atomic E-state index is 14.1. The summed E-state index contributed by atoms with van der Waals surface area (Å²) < 4.78 is 27.6. The van der Waals surface area contributed by atoms with Crippen LogP contribution in [-0.4, -0.2) is 48.3 Å². The number of hydrogen-bond donors (Lipinski definition) is 1. The second-order valence-electron chi connectivity index (χ2n) is 10.1. The molecule has 1 aliphatic carbocycles. The molecule has 2 atom stereocenters. The molecule has 4 heterocycles. The molecule has 1 saturated heterocycles. The van der Waals surface area contributed by atoms with Crippen LogP contribution in [0.5, 0.6) is 5.88 Å². The Morgan fingerprint density at radius 3 is 2.80 bits per heavy atom. The molecule has 1 aromatic carbocycles. The van der Waals surface area contributed by atoms with Crippen molar-refractivity contribution in [3.8, 4) is 5.88 Å². The lowest BCUT2D eigenvalue weighted by molar-refractivity contribution is -0.0590. The number of nitrogens with zero attached hydrogens (tertiary/aromatic N) is 5. The average molecular weight is 564 g/mol. The van der Waals surface area contributed by atoms with Crippen LogP contribution in [0, 0.1) is 11.7 Å². The van der Waals surface area contributed by atoms with Gasteiger partial charge in [-0.3, -0.25) is 0 Å². The molecule has 1 N–H and O–H groups in total. The van der Waals surface area contributed by atoms with Crippen LogP contribution in [0.1, 0.15) is 53.3 Å². The van der Waals surface area contributed by atoms with E-state index in [0.29, 0.717) is 40.4 Å². The molecular formula is C29H27ClFN5O4. The van der Waals surface area contributed by atoms with Crippen molar-refractivity contribution in [3.63, 3.8) is 0 Å². The van der Waals surface area contributed by atoms with Gasteiger partial charge < -0.3 is 19.1 Å². The maximum Gasteiger partial charge on any atom is 0.337 e. The molecule has 1 fully saturated rings. The first-order valence-electron chi connectivity index (χ1n) is 13.2. The summed E-state index contributed by atoms with van der Waals surface area (Å²) in [6.07, 6.45) is 9.53. The van der Waals surface area contributed by atoms with Crippen LogP contribution in [-0.2, 0) is 24.3 Å². The van der Waals surface area contributed by atoms with Crippen LogP contribution in [0.2, 0.25) is 5.02 Å². The first kappa shape index (κ1) is 26.3. The highest BCUT2D eigenvalue weighted by molar-refractivity contribution is 6.30. The molecule has 9 nitrogen and oxygen atoms in total. The van der Waals surface area contributed by atoms with Crippen LogP contribution in [0.3, 0.4) is 0 Å². The predicted molar refractivity (Wildman–Crippen MR) is 146 cm³/mol. The van der Waals surface area contributed by atoms with Gasteiger partial charge in [-0.25, -0.2) is 24.1 Å². The minimum absolute atomic E-state index is 0.0380. The lowest BCUT2D eigenvalue weighted by Crippen LogP contribution is -2.32. The molecule has 3 aromatic heterocycles. The van der Waals surface area contributed by atoms with Gasteiger partial charge in [0.2, 0.25) is 5.88 Å². The summed E-state index contributed by atoms with van der Waals surface area (Å²) in [5.74, 6) is 0.795. The molecule has 4 aromatic rings. The fourth-order valence-corrected chi connectivity index (χ4v) is 5.22. The molecule has 2 unspecified atom stereocenters. The summed E-state index contributed by atoms with van der Waals surface area (Å²) in [5, 5.41) is 9.78. The van der Waals surface area contributed by atoms with Gasteiger partial charge in [0.1, 0.15) is 18.2 Å². The molecule has 40 heavy (non-hydrogen) atoms. The largest absolute Gasteiger partial charge is 0.478 e. The number of carbonyl (C=O) groups is 1. The number of imidazole rings is 1. The number of benzene rings is 1. The van der Waals surface area contributed by atoms with Crippen LogP contribution < -0.4 is 4.74 Å². The summed E-state index contributed by atoms with van der Waals surface area (Å²) in [6, 6.07) is 7.78. The van der Waals surface area contributed by atoms with E-state index in [-0.39, 0.29) is 18.3 Å².